The van der Waals surface area contributed by atoms with E-state index in [1.165, 1.54) is 31.2 Å². The van der Waals surface area contributed by atoms with Crippen LogP contribution < -0.4 is 0 Å². The molecule has 3 nitrogen and oxygen atoms in total. The summed E-state index contributed by atoms with van der Waals surface area (Å²) in [5, 5.41) is 19.5. The van der Waals surface area contributed by atoms with E-state index in [0.29, 0.717) is 0 Å². The minimum Gasteiger partial charge on any atom is -0.481 e. The summed E-state index contributed by atoms with van der Waals surface area (Å²) in [5.74, 6) is -2.82. The van der Waals surface area contributed by atoms with E-state index in [2.05, 4.69) is 0 Å². The maximum Gasteiger partial charge on any atom is 0.310 e. The zero-order valence-electron chi connectivity index (χ0n) is 10.1. The van der Waals surface area contributed by atoms with E-state index in [1.807, 2.05) is 0 Å². The van der Waals surface area contributed by atoms with Gasteiger partial charge in [-0.05, 0) is 30.5 Å². The van der Waals surface area contributed by atoms with Crippen LogP contribution in [-0.4, -0.2) is 16.2 Å². The molecule has 1 rings (SSSR count). The van der Waals surface area contributed by atoms with Crippen molar-refractivity contribution in [3.05, 3.63) is 35.6 Å². The van der Waals surface area contributed by atoms with E-state index in [1.54, 1.807) is 13.8 Å². The number of aliphatic hydroxyl groups is 1. The summed E-state index contributed by atoms with van der Waals surface area (Å²) in [6, 6.07) is 5.41. The first kappa shape index (κ1) is 13.6. The third-order valence-electron chi connectivity index (χ3n) is 2.95. The summed E-state index contributed by atoms with van der Waals surface area (Å²) in [6.07, 6.45) is 0. The highest BCUT2D eigenvalue weighted by Crippen LogP contribution is 2.34. The SMILES string of the molecule is CC(C)C(C(=O)O)C(C)(O)c1cccc(F)c1. The number of rotatable bonds is 4. The minimum atomic E-state index is -1.60. The zero-order valence-corrected chi connectivity index (χ0v) is 10.1. The molecule has 0 heterocycles. The van der Waals surface area contributed by atoms with Crippen LogP contribution >= 0.6 is 0 Å². The van der Waals surface area contributed by atoms with Crippen molar-refractivity contribution in [1.29, 1.82) is 0 Å². The Morgan fingerprint density at radius 2 is 2.00 bits per heavy atom. The number of carbonyl (C=O) groups is 1. The molecule has 2 unspecified atom stereocenters. The normalized spacial score (nSPS) is 16.6. The van der Waals surface area contributed by atoms with Gasteiger partial charge in [0.25, 0.3) is 0 Å². The zero-order chi connectivity index (χ0) is 13.2. The fourth-order valence-electron chi connectivity index (χ4n) is 2.16. The van der Waals surface area contributed by atoms with Crippen molar-refractivity contribution >= 4 is 5.97 Å². The summed E-state index contributed by atoms with van der Waals surface area (Å²) in [6.45, 7) is 4.83. The molecule has 1 aromatic rings. The molecule has 0 saturated carbocycles. The Morgan fingerprint density at radius 3 is 2.41 bits per heavy atom. The summed E-state index contributed by atoms with van der Waals surface area (Å²) in [7, 11) is 0. The van der Waals surface area contributed by atoms with E-state index >= 15 is 0 Å². The molecular weight excluding hydrogens is 223 g/mol. The second kappa shape index (κ2) is 4.84. The monoisotopic (exact) mass is 240 g/mol. The summed E-state index contributed by atoms with van der Waals surface area (Å²) < 4.78 is 13.1. The lowest BCUT2D eigenvalue weighted by Gasteiger charge is -2.33. The second-order valence-electron chi connectivity index (χ2n) is 4.72. The van der Waals surface area contributed by atoms with E-state index in [9.17, 15) is 14.3 Å². The van der Waals surface area contributed by atoms with Crippen molar-refractivity contribution in [1.82, 2.24) is 0 Å². The van der Waals surface area contributed by atoms with Gasteiger partial charge in [0.1, 0.15) is 11.4 Å². The van der Waals surface area contributed by atoms with Crippen molar-refractivity contribution < 1.29 is 19.4 Å². The average Bonchev–Trinajstić information content (AvgIpc) is 2.15. The van der Waals surface area contributed by atoms with E-state index < -0.39 is 23.3 Å². The number of carboxylic acids is 1. The van der Waals surface area contributed by atoms with Crippen LogP contribution in [0.25, 0.3) is 0 Å². The molecular formula is C13H17FO3. The van der Waals surface area contributed by atoms with Gasteiger partial charge in [-0.3, -0.25) is 4.79 Å². The average molecular weight is 240 g/mol. The molecule has 2 N–H and O–H groups in total. The Balaban J connectivity index is 3.20. The molecule has 2 atom stereocenters. The van der Waals surface area contributed by atoms with Crippen molar-refractivity contribution in [2.24, 2.45) is 11.8 Å². The molecule has 0 bridgehead atoms. The number of hydrogen-bond donors (Lipinski definition) is 2. The van der Waals surface area contributed by atoms with Crippen molar-refractivity contribution in [3.8, 4) is 0 Å². The highest BCUT2D eigenvalue weighted by atomic mass is 19.1. The molecule has 0 aromatic heterocycles. The highest BCUT2D eigenvalue weighted by molar-refractivity contribution is 5.72. The Morgan fingerprint density at radius 1 is 1.41 bits per heavy atom. The van der Waals surface area contributed by atoms with Crippen molar-refractivity contribution in [3.63, 3.8) is 0 Å². The molecule has 17 heavy (non-hydrogen) atoms. The predicted octanol–water partition coefficient (Wildman–Crippen LogP) is 2.39. The molecule has 0 fully saturated rings. The van der Waals surface area contributed by atoms with E-state index in [0.717, 1.165) is 0 Å². The van der Waals surface area contributed by atoms with Gasteiger partial charge >= 0.3 is 5.97 Å². The molecule has 0 amide bonds. The first-order valence-electron chi connectivity index (χ1n) is 5.48. The third kappa shape index (κ3) is 2.82. The number of benzene rings is 1. The summed E-state index contributed by atoms with van der Waals surface area (Å²) in [5.41, 5.74) is -1.32. The molecule has 0 aliphatic heterocycles. The molecule has 94 valence electrons. The predicted molar refractivity (Wildman–Crippen MR) is 61.9 cm³/mol. The smallest absolute Gasteiger partial charge is 0.310 e. The molecule has 1 aromatic carbocycles. The van der Waals surface area contributed by atoms with Gasteiger partial charge in [-0.15, -0.1) is 0 Å². The lowest BCUT2D eigenvalue weighted by atomic mass is 9.76. The Kier molecular flexibility index (Phi) is 3.88. The van der Waals surface area contributed by atoms with Gasteiger partial charge in [-0.25, -0.2) is 4.39 Å². The van der Waals surface area contributed by atoms with Crippen LogP contribution in [0.1, 0.15) is 26.3 Å². The maximum atomic E-state index is 13.1. The van der Waals surface area contributed by atoms with Crippen LogP contribution in [0.2, 0.25) is 0 Å². The summed E-state index contributed by atoms with van der Waals surface area (Å²) >= 11 is 0. The first-order valence-corrected chi connectivity index (χ1v) is 5.48. The highest BCUT2D eigenvalue weighted by Gasteiger charge is 2.41. The number of aliphatic carboxylic acids is 1. The van der Waals surface area contributed by atoms with Gasteiger partial charge in [-0.1, -0.05) is 26.0 Å². The molecule has 0 saturated heterocycles. The fourth-order valence-corrected chi connectivity index (χ4v) is 2.16. The van der Waals surface area contributed by atoms with Crippen molar-refractivity contribution in [2.75, 3.05) is 0 Å². The molecule has 0 aliphatic carbocycles. The van der Waals surface area contributed by atoms with Gasteiger partial charge in [0.15, 0.2) is 0 Å². The molecule has 4 heteroatoms. The van der Waals surface area contributed by atoms with E-state index in [4.69, 9.17) is 5.11 Å². The number of carboxylic acid groups (broad SMARTS) is 1. The van der Waals surface area contributed by atoms with E-state index in [-0.39, 0.29) is 11.5 Å². The third-order valence-corrected chi connectivity index (χ3v) is 2.95. The molecule has 0 aliphatic rings. The lowest BCUT2D eigenvalue weighted by Crippen LogP contribution is -2.40. The number of halogens is 1. The van der Waals surface area contributed by atoms with Crippen LogP contribution in [0.4, 0.5) is 4.39 Å². The fraction of sp³-hybridized carbons (Fsp3) is 0.462. The molecule has 0 spiro atoms. The number of hydrogen-bond acceptors (Lipinski definition) is 2. The van der Waals surface area contributed by atoms with Crippen molar-refractivity contribution in [2.45, 2.75) is 26.4 Å². The summed E-state index contributed by atoms with van der Waals surface area (Å²) in [4.78, 5) is 11.2. The first-order chi connectivity index (χ1) is 7.76. The van der Waals surface area contributed by atoms with Gasteiger partial charge in [0, 0.05) is 0 Å². The second-order valence-corrected chi connectivity index (χ2v) is 4.72. The topological polar surface area (TPSA) is 57.5 Å². The van der Waals surface area contributed by atoms with Crippen LogP contribution in [0.15, 0.2) is 24.3 Å². The Hall–Kier alpha value is -1.42. The Bertz CT molecular complexity index is 413. The maximum absolute atomic E-state index is 13.1. The van der Waals surface area contributed by atoms with Crippen LogP contribution in [0, 0.1) is 17.7 Å². The standard InChI is InChI=1S/C13H17FO3/c1-8(2)11(12(15)16)13(3,17)9-5-4-6-10(14)7-9/h4-8,11,17H,1-3H3,(H,15,16). The van der Waals surface area contributed by atoms with Crippen LogP contribution in [-0.2, 0) is 10.4 Å². The van der Waals surface area contributed by atoms with Crippen LogP contribution in [0.5, 0.6) is 0 Å². The van der Waals surface area contributed by atoms with Gasteiger partial charge in [0.2, 0.25) is 0 Å². The van der Waals surface area contributed by atoms with Gasteiger partial charge in [0.05, 0.1) is 5.92 Å². The minimum absolute atomic E-state index is 0.259. The quantitative estimate of drug-likeness (QED) is 0.849. The van der Waals surface area contributed by atoms with Gasteiger partial charge < -0.3 is 10.2 Å². The van der Waals surface area contributed by atoms with Crippen LogP contribution in [0.3, 0.4) is 0 Å². The van der Waals surface area contributed by atoms with Gasteiger partial charge in [-0.2, -0.15) is 0 Å². The lowest BCUT2D eigenvalue weighted by molar-refractivity contribution is -0.155. The Labute approximate surface area is 99.9 Å². The largest absolute Gasteiger partial charge is 0.481 e. The molecule has 0 radical (unpaired) electrons.